The van der Waals surface area contributed by atoms with Crippen LogP contribution >= 0.6 is 0 Å². The second-order valence-corrected chi connectivity index (χ2v) is 7.15. The summed E-state index contributed by atoms with van der Waals surface area (Å²) < 4.78 is 13.1. The van der Waals surface area contributed by atoms with E-state index in [1.165, 1.54) is 12.1 Å². The zero-order valence-corrected chi connectivity index (χ0v) is 15.6. The Hall–Kier alpha value is -2.99. The summed E-state index contributed by atoms with van der Waals surface area (Å²) >= 11 is 0. The minimum absolute atomic E-state index is 0.210. The molecule has 0 radical (unpaired) electrons. The fourth-order valence-electron chi connectivity index (χ4n) is 3.73. The standard InChI is InChI=1S/C22H23FN4O/c23-17-8-6-16(7-9-17)15-26-10-3-11-27(13-12-26)21-14-19(22(24)28)18-4-1-2-5-20(18)25-21/h1-2,4-9,14H,3,10-13,15H2,(H2,24,28). The van der Waals surface area contributed by atoms with Crippen molar-refractivity contribution < 1.29 is 9.18 Å². The molecule has 1 saturated heterocycles. The van der Waals surface area contributed by atoms with Gasteiger partial charge in [0.2, 0.25) is 5.91 Å². The molecule has 0 aliphatic carbocycles. The molecule has 2 N–H and O–H groups in total. The topological polar surface area (TPSA) is 62.5 Å². The number of carbonyl (C=O) groups excluding carboxylic acids is 1. The van der Waals surface area contributed by atoms with Gasteiger partial charge in [-0.2, -0.15) is 0 Å². The second kappa shape index (κ2) is 7.94. The van der Waals surface area contributed by atoms with Crippen molar-refractivity contribution in [2.45, 2.75) is 13.0 Å². The minimum atomic E-state index is -0.437. The molecule has 2 aromatic carbocycles. The van der Waals surface area contributed by atoms with Gasteiger partial charge in [0, 0.05) is 38.1 Å². The van der Waals surface area contributed by atoms with Crippen LogP contribution in [0, 0.1) is 5.82 Å². The molecule has 1 amide bonds. The highest BCUT2D eigenvalue weighted by Crippen LogP contribution is 2.24. The van der Waals surface area contributed by atoms with Gasteiger partial charge in [0.05, 0.1) is 11.1 Å². The summed E-state index contributed by atoms with van der Waals surface area (Å²) in [5.74, 6) is 0.141. The Bertz CT molecular complexity index is 989. The van der Waals surface area contributed by atoms with E-state index in [1.54, 1.807) is 6.07 Å². The first-order chi connectivity index (χ1) is 13.6. The Morgan fingerprint density at radius 1 is 1.04 bits per heavy atom. The summed E-state index contributed by atoms with van der Waals surface area (Å²) in [6.07, 6.45) is 0.988. The fraction of sp³-hybridized carbons (Fsp3) is 0.273. The van der Waals surface area contributed by atoms with Gasteiger partial charge in [-0.25, -0.2) is 9.37 Å². The molecule has 0 bridgehead atoms. The number of primary amides is 1. The van der Waals surface area contributed by atoms with E-state index in [0.29, 0.717) is 5.56 Å². The number of anilines is 1. The molecular formula is C22H23FN4O. The van der Waals surface area contributed by atoms with Gasteiger partial charge in [-0.1, -0.05) is 30.3 Å². The van der Waals surface area contributed by atoms with Gasteiger partial charge in [-0.15, -0.1) is 0 Å². The zero-order chi connectivity index (χ0) is 19.5. The third kappa shape index (κ3) is 3.97. The van der Waals surface area contributed by atoms with E-state index in [4.69, 9.17) is 10.7 Å². The lowest BCUT2D eigenvalue weighted by atomic mass is 10.1. The number of nitrogens with zero attached hydrogens (tertiary/aromatic N) is 3. The highest BCUT2D eigenvalue weighted by Gasteiger charge is 2.19. The number of benzene rings is 2. The van der Waals surface area contributed by atoms with Gasteiger partial charge in [0.1, 0.15) is 11.6 Å². The highest BCUT2D eigenvalue weighted by atomic mass is 19.1. The van der Waals surface area contributed by atoms with Crippen LogP contribution in [0.25, 0.3) is 10.9 Å². The maximum absolute atomic E-state index is 13.1. The van der Waals surface area contributed by atoms with Crippen LogP contribution in [0.3, 0.4) is 0 Å². The highest BCUT2D eigenvalue weighted by molar-refractivity contribution is 6.06. The number of fused-ring (bicyclic) bond motifs is 1. The monoisotopic (exact) mass is 378 g/mol. The summed E-state index contributed by atoms with van der Waals surface area (Å²) in [6, 6.07) is 16.1. The number of amides is 1. The van der Waals surface area contributed by atoms with Crippen molar-refractivity contribution in [3.05, 3.63) is 71.5 Å². The molecule has 1 aliphatic heterocycles. The molecule has 4 rings (SSSR count). The Balaban J connectivity index is 1.52. The molecule has 3 aromatic rings. The van der Waals surface area contributed by atoms with Crippen molar-refractivity contribution in [3.63, 3.8) is 0 Å². The van der Waals surface area contributed by atoms with Crippen molar-refractivity contribution in [2.75, 3.05) is 31.1 Å². The van der Waals surface area contributed by atoms with Gasteiger partial charge in [0.25, 0.3) is 0 Å². The largest absolute Gasteiger partial charge is 0.366 e. The number of halogens is 1. The number of hydrogen-bond acceptors (Lipinski definition) is 4. The third-order valence-electron chi connectivity index (χ3n) is 5.20. The molecule has 1 aliphatic rings. The van der Waals surface area contributed by atoms with Crippen molar-refractivity contribution in [1.29, 1.82) is 0 Å². The number of rotatable bonds is 4. The number of pyridine rings is 1. The Morgan fingerprint density at radius 2 is 1.82 bits per heavy atom. The van der Waals surface area contributed by atoms with Crippen molar-refractivity contribution in [2.24, 2.45) is 5.73 Å². The molecule has 1 fully saturated rings. The quantitative estimate of drug-likeness (QED) is 0.757. The summed E-state index contributed by atoms with van der Waals surface area (Å²) in [5, 5.41) is 0.784. The summed E-state index contributed by atoms with van der Waals surface area (Å²) in [7, 11) is 0. The van der Waals surface area contributed by atoms with Gasteiger partial charge in [0.15, 0.2) is 0 Å². The van der Waals surface area contributed by atoms with Crippen LogP contribution in [0.2, 0.25) is 0 Å². The van der Waals surface area contributed by atoms with Gasteiger partial charge in [-0.3, -0.25) is 9.69 Å². The van der Waals surface area contributed by atoms with Gasteiger partial charge >= 0.3 is 0 Å². The molecular weight excluding hydrogens is 355 g/mol. The molecule has 0 atom stereocenters. The maximum atomic E-state index is 13.1. The van der Waals surface area contributed by atoms with Crippen LogP contribution in [-0.4, -0.2) is 42.0 Å². The second-order valence-electron chi connectivity index (χ2n) is 7.15. The number of para-hydroxylation sites is 1. The number of carbonyl (C=O) groups is 1. The molecule has 28 heavy (non-hydrogen) atoms. The predicted octanol–water partition coefficient (Wildman–Crippen LogP) is 3.19. The van der Waals surface area contributed by atoms with Gasteiger partial charge < -0.3 is 10.6 Å². The fourth-order valence-corrected chi connectivity index (χ4v) is 3.73. The molecule has 5 nitrogen and oxygen atoms in total. The summed E-state index contributed by atoms with van der Waals surface area (Å²) in [5.41, 5.74) is 8.00. The van der Waals surface area contributed by atoms with Crippen molar-refractivity contribution in [3.8, 4) is 0 Å². The third-order valence-corrected chi connectivity index (χ3v) is 5.20. The first-order valence-corrected chi connectivity index (χ1v) is 9.51. The predicted molar refractivity (Wildman–Crippen MR) is 109 cm³/mol. The molecule has 0 spiro atoms. The molecule has 1 aromatic heterocycles. The molecule has 0 saturated carbocycles. The SMILES string of the molecule is NC(=O)c1cc(N2CCCN(Cc3ccc(F)cc3)CC2)nc2ccccc12. The number of aromatic nitrogens is 1. The van der Waals surface area contributed by atoms with E-state index in [9.17, 15) is 9.18 Å². The van der Waals surface area contributed by atoms with Crippen molar-refractivity contribution >= 4 is 22.6 Å². The molecule has 6 heteroatoms. The Kier molecular flexibility index (Phi) is 5.21. The van der Waals surface area contributed by atoms with Crippen LogP contribution in [0.1, 0.15) is 22.3 Å². The summed E-state index contributed by atoms with van der Waals surface area (Å²) in [6.45, 7) is 4.31. The lowest BCUT2D eigenvalue weighted by Crippen LogP contribution is -2.31. The average Bonchev–Trinajstić information content (AvgIpc) is 2.94. The van der Waals surface area contributed by atoms with E-state index < -0.39 is 5.91 Å². The maximum Gasteiger partial charge on any atom is 0.249 e. The first-order valence-electron chi connectivity index (χ1n) is 9.51. The number of nitrogens with two attached hydrogens (primary N) is 1. The lowest BCUT2D eigenvalue weighted by Gasteiger charge is -2.23. The molecule has 0 unspecified atom stereocenters. The van der Waals surface area contributed by atoms with Crippen LogP contribution in [-0.2, 0) is 6.54 Å². The van der Waals surface area contributed by atoms with E-state index in [2.05, 4.69) is 9.80 Å². The lowest BCUT2D eigenvalue weighted by molar-refractivity contribution is 0.100. The van der Waals surface area contributed by atoms with E-state index in [1.807, 2.05) is 36.4 Å². The van der Waals surface area contributed by atoms with Crippen molar-refractivity contribution in [1.82, 2.24) is 9.88 Å². The van der Waals surface area contributed by atoms with E-state index in [0.717, 1.165) is 61.4 Å². The van der Waals surface area contributed by atoms with E-state index >= 15 is 0 Å². The van der Waals surface area contributed by atoms with Crippen LogP contribution in [0.15, 0.2) is 54.6 Å². The minimum Gasteiger partial charge on any atom is -0.366 e. The van der Waals surface area contributed by atoms with Crippen LogP contribution in [0.4, 0.5) is 10.2 Å². The molecule has 144 valence electrons. The van der Waals surface area contributed by atoms with Crippen LogP contribution < -0.4 is 10.6 Å². The Labute approximate surface area is 163 Å². The summed E-state index contributed by atoms with van der Waals surface area (Å²) in [4.78, 5) is 21.3. The average molecular weight is 378 g/mol. The van der Waals surface area contributed by atoms with Gasteiger partial charge in [-0.05, 0) is 36.2 Å². The Morgan fingerprint density at radius 3 is 2.61 bits per heavy atom. The molecule has 2 heterocycles. The normalized spacial score (nSPS) is 15.5. The zero-order valence-electron chi connectivity index (χ0n) is 15.6. The smallest absolute Gasteiger partial charge is 0.249 e. The first kappa shape index (κ1) is 18.4. The van der Waals surface area contributed by atoms with Crippen LogP contribution in [0.5, 0.6) is 0 Å². The number of hydrogen-bond donors (Lipinski definition) is 1. The van der Waals surface area contributed by atoms with E-state index in [-0.39, 0.29) is 5.82 Å².